The molecule has 1 atom stereocenters. The molecule has 0 aromatic rings. The highest BCUT2D eigenvalue weighted by Crippen LogP contribution is 1.87. The Morgan fingerprint density at radius 2 is 2.11 bits per heavy atom. The van der Waals surface area contributed by atoms with Crippen LogP contribution in [-0.4, -0.2) is 56.6 Å². The van der Waals surface area contributed by atoms with E-state index in [4.69, 9.17) is 9.84 Å². The number of methoxy groups -OCH3 is 1. The Bertz CT molecular complexity index is 293. The van der Waals surface area contributed by atoms with Crippen LogP contribution < -0.4 is 10.6 Å². The third-order valence-electron chi connectivity index (χ3n) is 1.82. The van der Waals surface area contributed by atoms with E-state index in [1.807, 2.05) is 6.92 Å². The van der Waals surface area contributed by atoms with E-state index in [0.29, 0.717) is 19.8 Å². The molecule has 0 aliphatic heterocycles. The number of hydrogen-bond donors (Lipinski definition) is 3. The number of urea groups is 1. The van der Waals surface area contributed by atoms with E-state index < -0.39 is 18.0 Å². The molecule has 1 unspecified atom stereocenters. The molecule has 18 heavy (non-hydrogen) atoms. The number of carboxylic acids is 1. The Morgan fingerprint density at radius 3 is 2.61 bits per heavy atom. The van der Waals surface area contributed by atoms with Crippen LogP contribution in [0.25, 0.3) is 0 Å². The van der Waals surface area contributed by atoms with Crippen LogP contribution >= 0.6 is 0 Å². The molecule has 104 valence electrons. The zero-order valence-corrected chi connectivity index (χ0v) is 10.7. The zero-order valence-electron chi connectivity index (χ0n) is 10.7. The second-order valence-electron chi connectivity index (χ2n) is 3.76. The number of carboxylic acid groups (broad SMARTS) is 1. The van der Waals surface area contributed by atoms with E-state index in [-0.39, 0.29) is 6.61 Å². The first-order chi connectivity index (χ1) is 8.47. The molecule has 0 spiro atoms. The fourth-order valence-electron chi connectivity index (χ4n) is 1.03. The van der Waals surface area contributed by atoms with E-state index in [9.17, 15) is 9.59 Å². The Balaban J connectivity index is 3.74. The van der Waals surface area contributed by atoms with Gasteiger partial charge in [-0.2, -0.15) is 0 Å². The lowest BCUT2D eigenvalue weighted by atomic mass is 10.3. The van der Waals surface area contributed by atoms with Crippen LogP contribution in [0, 0.1) is 0 Å². The van der Waals surface area contributed by atoms with Crippen molar-refractivity contribution < 1.29 is 24.2 Å². The first-order valence-corrected chi connectivity index (χ1v) is 5.45. The van der Waals surface area contributed by atoms with Gasteiger partial charge in [-0.25, -0.2) is 9.59 Å². The number of ether oxygens (including phenoxy) is 2. The highest BCUT2D eigenvalue weighted by Gasteiger charge is 2.19. The van der Waals surface area contributed by atoms with Gasteiger partial charge in [-0.05, 0) is 6.92 Å². The topological polar surface area (TPSA) is 96.9 Å². The molecule has 0 aromatic carbocycles. The van der Waals surface area contributed by atoms with Gasteiger partial charge < -0.3 is 25.2 Å². The lowest BCUT2D eigenvalue weighted by Gasteiger charge is -2.14. The minimum atomic E-state index is -1.15. The first kappa shape index (κ1) is 16.4. The van der Waals surface area contributed by atoms with Gasteiger partial charge in [0.1, 0.15) is 0 Å². The fraction of sp³-hybridized carbons (Fsp3) is 0.636. The van der Waals surface area contributed by atoms with E-state index in [1.54, 1.807) is 0 Å². The molecule has 7 heteroatoms. The highest BCUT2D eigenvalue weighted by molar-refractivity contribution is 5.82. The standard InChI is InChI=1S/C11H20N2O5/c1-8(2)6-18-5-4-12-11(16)13-9(7-17-3)10(14)15/h9H,1,4-7H2,2-3H3,(H,14,15)(H2,12,13,16). The monoisotopic (exact) mass is 260 g/mol. The molecular weight excluding hydrogens is 240 g/mol. The molecule has 0 saturated carbocycles. The second-order valence-corrected chi connectivity index (χ2v) is 3.76. The van der Waals surface area contributed by atoms with Crippen molar-refractivity contribution in [2.24, 2.45) is 0 Å². The third kappa shape index (κ3) is 8.54. The molecule has 0 rings (SSSR count). The van der Waals surface area contributed by atoms with Crippen molar-refractivity contribution in [3.05, 3.63) is 12.2 Å². The summed E-state index contributed by atoms with van der Waals surface area (Å²) in [6, 6.07) is -1.63. The molecule has 0 aliphatic carbocycles. The maximum atomic E-state index is 11.3. The predicted molar refractivity (Wildman–Crippen MR) is 65.5 cm³/mol. The van der Waals surface area contributed by atoms with Gasteiger partial charge in [0.25, 0.3) is 0 Å². The summed E-state index contributed by atoms with van der Waals surface area (Å²) in [4.78, 5) is 22.0. The molecule has 0 radical (unpaired) electrons. The Kier molecular flexibility index (Phi) is 8.59. The number of nitrogens with one attached hydrogen (secondary N) is 2. The fourth-order valence-corrected chi connectivity index (χ4v) is 1.03. The van der Waals surface area contributed by atoms with E-state index >= 15 is 0 Å². The van der Waals surface area contributed by atoms with E-state index in [2.05, 4.69) is 21.9 Å². The second kappa shape index (κ2) is 9.43. The van der Waals surface area contributed by atoms with Gasteiger partial charge in [-0.15, -0.1) is 0 Å². The smallest absolute Gasteiger partial charge is 0.328 e. The Hall–Kier alpha value is -1.60. The summed E-state index contributed by atoms with van der Waals surface area (Å²) >= 11 is 0. The molecule has 3 N–H and O–H groups in total. The quantitative estimate of drug-likeness (QED) is 0.400. The number of hydrogen-bond acceptors (Lipinski definition) is 4. The third-order valence-corrected chi connectivity index (χ3v) is 1.82. The number of carbonyl (C=O) groups is 2. The van der Waals surface area contributed by atoms with E-state index in [0.717, 1.165) is 5.57 Å². The van der Waals surface area contributed by atoms with Crippen LogP contribution in [0.1, 0.15) is 6.92 Å². The van der Waals surface area contributed by atoms with Crippen molar-refractivity contribution >= 4 is 12.0 Å². The molecule has 0 heterocycles. The van der Waals surface area contributed by atoms with Gasteiger partial charge in [0.15, 0.2) is 6.04 Å². The normalized spacial score (nSPS) is 11.7. The van der Waals surface area contributed by atoms with Crippen LogP contribution in [-0.2, 0) is 14.3 Å². The number of aliphatic carboxylic acids is 1. The highest BCUT2D eigenvalue weighted by atomic mass is 16.5. The maximum absolute atomic E-state index is 11.3. The van der Waals surface area contributed by atoms with Gasteiger partial charge in [0.05, 0.1) is 19.8 Å². The van der Waals surface area contributed by atoms with Crippen LogP contribution in [0.4, 0.5) is 4.79 Å². The molecule has 2 amide bonds. The predicted octanol–water partition coefficient (Wildman–Crippen LogP) is -0.0221. The molecule has 0 saturated heterocycles. The Morgan fingerprint density at radius 1 is 1.44 bits per heavy atom. The van der Waals surface area contributed by atoms with Gasteiger partial charge in [0.2, 0.25) is 0 Å². The minimum absolute atomic E-state index is 0.0884. The molecule has 0 bridgehead atoms. The van der Waals surface area contributed by atoms with Crippen molar-refractivity contribution in [2.45, 2.75) is 13.0 Å². The lowest BCUT2D eigenvalue weighted by Crippen LogP contribution is -2.48. The van der Waals surface area contributed by atoms with E-state index in [1.165, 1.54) is 7.11 Å². The largest absolute Gasteiger partial charge is 0.480 e. The van der Waals surface area contributed by atoms with Crippen molar-refractivity contribution in [1.29, 1.82) is 0 Å². The van der Waals surface area contributed by atoms with Gasteiger partial charge >= 0.3 is 12.0 Å². The van der Waals surface area contributed by atoms with Crippen LogP contribution in [0.3, 0.4) is 0 Å². The van der Waals surface area contributed by atoms with Gasteiger partial charge in [-0.1, -0.05) is 12.2 Å². The van der Waals surface area contributed by atoms with Crippen molar-refractivity contribution in [3.63, 3.8) is 0 Å². The molecule has 0 fully saturated rings. The lowest BCUT2D eigenvalue weighted by molar-refractivity contribution is -0.140. The van der Waals surface area contributed by atoms with Crippen molar-refractivity contribution in [1.82, 2.24) is 10.6 Å². The van der Waals surface area contributed by atoms with Crippen LogP contribution in [0.2, 0.25) is 0 Å². The van der Waals surface area contributed by atoms with Gasteiger partial charge in [0, 0.05) is 13.7 Å². The van der Waals surface area contributed by atoms with Crippen LogP contribution in [0.5, 0.6) is 0 Å². The summed E-state index contributed by atoms with van der Waals surface area (Å²) in [6.45, 7) is 6.47. The number of amides is 2. The maximum Gasteiger partial charge on any atom is 0.328 e. The SMILES string of the molecule is C=C(C)COCCNC(=O)NC(COC)C(=O)O. The first-order valence-electron chi connectivity index (χ1n) is 5.45. The molecule has 0 aliphatic rings. The molecule has 7 nitrogen and oxygen atoms in total. The van der Waals surface area contributed by atoms with Crippen molar-refractivity contribution in [2.75, 3.05) is 33.5 Å². The summed E-state index contributed by atoms with van der Waals surface area (Å²) in [5, 5.41) is 13.5. The molecule has 0 aromatic heterocycles. The molecular formula is C11H20N2O5. The summed E-state index contributed by atoms with van der Waals surface area (Å²) < 4.78 is 9.84. The summed E-state index contributed by atoms with van der Waals surface area (Å²) in [7, 11) is 1.36. The zero-order chi connectivity index (χ0) is 14.0. The van der Waals surface area contributed by atoms with Crippen molar-refractivity contribution in [3.8, 4) is 0 Å². The summed E-state index contributed by atoms with van der Waals surface area (Å²) in [5.74, 6) is -1.15. The number of rotatable bonds is 9. The average molecular weight is 260 g/mol. The number of carbonyl (C=O) groups excluding carboxylic acids is 1. The summed E-state index contributed by atoms with van der Waals surface area (Å²) in [5.41, 5.74) is 0.894. The Labute approximate surface area is 106 Å². The summed E-state index contributed by atoms with van der Waals surface area (Å²) in [6.07, 6.45) is 0. The van der Waals surface area contributed by atoms with Crippen LogP contribution in [0.15, 0.2) is 12.2 Å². The average Bonchev–Trinajstić information content (AvgIpc) is 2.27. The minimum Gasteiger partial charge on any atom is -0.480 e. The van der Waals surface area contributed by atoms with Gasteiger partial charge in [-0.3, -0.25) is 0 Å².